The van der Waals surface area contributed by atoms with Gasteiger partial charge in [-0.05, 0) is 24.3 Å². The van der Waals surface area contributed by atoms with Crippen molar-refractivity contribution in [2.45, 2.75) is 0 Å². The highest BCUT2D eigenvalue weighted by Crippen LogP contribution is 2.31. The van der Waals surface area contributed by atoms with Crippen molar-refractivity contribution in [2.24, 2.45) is 0 Å². The molecule has 3 aromatic rings. The molecule has 0 spiro atoms. The fourth-order valence-corrected chi connectivity index (χ4v) is 2.66. The molecule has 0 radical (unpaired) electrons. The van der Waals surface area contributed by atoms with E-state index in [4.69, 9.17) is 17.3 Å². The van der Waals surface area contributed by atoms with E-state index >= 15 is 0 Å². The number of anilines is 1. The fraction of sp³-hybridized carbons (Fsp3) is 0. The van der Waals surface area contributed by atoms with Crippen LogP contribution < -0.4 is 5.73 Å². The van der Waals surface area contributed by atoms with Crippen LogP contribution in [0.3, 0.4) is 0 Å². The maximum Gasteiger partial charge on any atom is 0.141 e. The summed E-state index contributed by atoms with van der Waals surface area (Å²) in [6.45, 7) is 0. The van der Waals surface area contributed by atoms with Gasteiger partial charge in [-0.2, -0.15) is 0 Å². The molecule has 0 aliphatic carbocycles. The smallest absolute Gasteiger partial charge is 0.141 e. The Morgan fingerprint density at radius 1 is 1.30 bits per heavy atom. The Kier molecular flexibility index (Phi) is 3.30. The number of imidazole rings is 1. The van der Waals surface area contributed by atoms with Crippen molar-refractivity contribution < 1.29 is 4.21 Å². The fourth-order valence-electron chi connectivity index (χ4n) is 2.14. The molecule has 3 rings (SSSR count). The summed E-state index contributed by atoms with van der Waals surface area (Å²) < 4.78 is 10.8. The SMILES string of the molecule is Nc1cc(Cl)cc(C=S=O)c1-c1nc2ccccc2[nH]1. The number of aromatic amines is 1. The Labute approximate surface area is 123 Å². The van der Waals surface area contributed by atoms with Crippen molar-refractivity contribution >= 4 is 44.9 Å². The predicted molar refractivity (Wildman–Crippen MR) is 84.3 cm³/mol. The van der Waals surface area contributed by atoms with Crippen molar-refractivity contribution in [3.8, 4) is 11.4 Å². The lowest BCUT2D eigenvalue weighted by Crippen LogP contribution is -1.97. The van der Waals surface area contributed by atoms with Crippen LogP contribution >= 0.6 is 11.6 Å². The minimum atomic E-state index is 0.357. The van der Waals surface area contributed by atoms with E-state index in [1.807, 2.05) is 24.3 Å². The highest BCUT2D eigenvalue weighted by atomic mass is 35.5. The molecule has 2 aromatic carbocycles. The molecule has 0 fully saturated rings. The van der Waals surface area contributed by atoms with E-state index in [9.17, 15) is 4.21 Å². The Bertz CT molecular complexity index is 820. The number of fused-ring (bicyclic) bond motifs is 1. The topological polar surface area (TPSA) is 71.8 Å². The number of hydrogen-bond acceptors (Lipinski definition) is 3. The number of nitrogens with zero attached hydrogens (tertiary/aromatic N) is 1. The third-order valence-corrected chi connectivity index (χ3v) is 3.53. The van der Waals surface area contributed by atoms with Crippen LogP contribution in [0.15, 0.2) is 36.4 Å². The van der Waals surface area contributed by atoms with Crippen molar-refractivity contribution in [2.75, 3.05) is 5.73 Å². The minimum Gasteiger partial charge on any atom is -0.398 e. The van der Waals surface area contributed by atoms with Gasteiger partial charge in [0.05, 0.1) is 22.3 Å². The lowest BCUT2D eigenvalue weighted by Gasteiger charge is -2.07. The molecule has 0 atom stereocenters. The maximum atomic E-state index is 10.8. The molecule has 1 heterocycles. The average Bonchev–Trinajstić information content (AvgIpc) is 2.81. The molecule has 0 aliphatic heterocycles. The third-order valence-electron chi connectivity index (χ3n) is 2.97. The Balaban J connectivity index is 2.30. The van der Waals surface area contributed by atoms with Gasteiger partial charge in [-0.3, -0.25) is 0 Å². The molecule has 0 saturated carbocycles. The predicted octanol–water partition coefficient (Wildman–Crippen LogP) is 2.83. The number of hydrogen-bond donors (Lipinski definition) is 2. The average molecular weight is 304 g/mol. The third kappa shape index (κ3) is 2.21. The number of benzene rings is 2. The Morgan fingerprint density at radius 2 is 2.10 bits per heavy atom. The van der Waals surface area contributed by atoms with Crippen LogP contribution in [0.25, 0.3) is 22.4 Å². The number of aromatic nitrogens is 2. The lowest BCUT2D eigenvalue weighted by atomic mass is 10.1. The molecule has 1 aromatic heterocycles. The molecule has 0 unspecified atom stereocenters. The summed E-state index contributed by atoms with van der Waals surface area (Å²) in [5, 5.41) is 1.95. The zero-order chi connectivity index (χ0) is 14.1. The number of halogens is 1. The van der Waals surface area contributed by atoms with Gasteiger partial charge < -0.3 is 10.7 Å². The molecule has 0 bridgehead atoms. The first kappa shape index (κ1) is 12.9. The van der Waals surface area contributed by atoms with Crippen LogP contribution in [0.2, 0.25) is 5.02 Å². The van der Waals surface area contributed by atoms with Gasteiger partial charge in [0.1, 0.15) is 5.82 Å². The zero-order valence-electron chi connectivity index (χ0n) is 10.3. The number of nitrogens with one attached hydrogen (secondary N) is 1. The second kappa shape index (κ2) is 5.11. The number of para-hydroxylation sites is 2. The molecule has 6 heteroatoms. The minimum absolute atomic E-state index is 0.357. The van der Waals surface area contributed by atoms with Crippen molar-refractivity contribution in [3.05, 3.63) is 47.0 Å². The van der Waals surface area contributed by atoms with Crippen LogP contribution in [-0.2, 0) is 11.3 Å². The van der Waals surface area contributed by atoms with E-state index in [2.05, 4.69) is 9.97 Å². The van der Waals surface area contributed by atoms with Crippen LogP contribution in [0.4, 0.5) is 5.69 Å². The Morgan fingerprint density at radius 3 is 2.85 bits per heavy atom. The van der Waals surface area contributed by atoms with Crippen LogP contribution in [0.5, 0.6) is 0 Å². The second-order valence-electron chi connectivity index (χ2n) is 4.28. The van der Waals surface area contributed by atoms with Crippen molar-refractivity contribution in [3.63, 3.8) is 0 Å². The molecule has 0 amide bonds. The number of nitrogen functional groups attached to an aromatic ring is 1. The monoisotopic (exact) mass is 303 g/mol. The van der Waals surface area contributed by atoms with E-state index in [1.165, 1.54) is 5.37 Å². The van der Waals surface area contributed by atoms with Crippen LogP contribution in [0, 0.1) is 0 Å². The largest absolute Gasteiger partial charge is 0.398 e. The van der Waals surface area contributed by atoms with Gasteiger partial charge in [-0.1, -0.05) is 23.7 Å². The molecule has 20 heavy (non-hydrogen) atoms. The van der Waals surface area contributed by atoms with Gasteiger partial charge >= 0.3 is 0 Å². The lowest BCUT2D eigenvalue weighted by molar-refractivity contribution is 0.701. The summed E-state index contributed by atoms with van der Waals surface area (Å²) in [5.74, 6) is 0.626. The molecular weight excluding hydrogens is 294 g/mol. The van der Waals surface area contributed by atoms with Crippen LogP contribution in [0.1, 0.15) is 5.56 Å². The number of nitrogens with two attached hydrogens (primary N) is 1. The normalized spacial score (nSPS) is 10.7. The highest BCUT2D eigenvalue weighted by Gasteiger charge is 2.13. The second-order valence-corrected chi connectivity index (χ2v) is 5.14. The summed E-state index contributed by atoms with van der Waals surface area (Å²) in [6, 6.07) is 11.0. The summed E-state index contributed by atoms with van der Waals surface area (Å²) >= 11 is 6.34. The first-order chi connectivity index (χ1) is 9.69. The van der Waals surface area contributed by atoms with Gasteiger partial charge in [0.2, 0.25) is 0 Å². The molecular formula is C14H10ClN3OS. The quantitative estimate of drug-likeness (QED) is 0.565. The molecule has 100 valence electrons. The highest BCUT2D eigenvalue weighted by molar-refractivity contribution is 7.65. The molecule has 4 nitrogen and oxygen atoms in total. The van der Waals surface area contributed by atoms with Gasteiger partial charge in [0.15, 0.2) is 0 Å². The number of rotatable bonds is 2. The van der Waals surface area contributed by atoms with E-state index in [0.717, 1.165) is 11.0 Å². The molecule has 0 saturated heterocycles. The Hall–Kier alpha value is -2.11. The van der Waals surface area contributed by atoms with Gasteiger partial charge in [-0.15, -0.1) is 0 Å². The van der Waals surface area contributed by atoms with E-state index in [1.54, 1.807) is 12.1 Å². The first-order valence-corrected chi connectivity index (χ1v) is 7.03. The van der Waals surface area contributed by atoms with Gasteiger partial charge in [0, 0.05) is 27.2 Å². The summed E-state index contributed by atoms with van der Waals surface area (Å²) in [6.07, 6.45) is 0. The van der Waals surface area contributed by atoms with E-state index < -0.39 is 0 Å². The first-order valence-electron chi connectivity index (χ1n) is 5.85. The summed E-state index contributed by atoms with van der Waals surface area (Å²) in [4.78, 5) is 7.71. The van der Waals surface area contributed by atoms with Crippen molar-refractivity contribution in [1.82, 2.24) is 9.97 Å². The van der Waals surface area contributed by atoms with Gasteiger partial charge in [0.25, 0.3) is 0 Å². The molecule has 0 aliphatic rings. The van der Waals surface area contributed by atoms with Crippen molar-refractivity contribution in [1.29, 1.82) is 0 Å². The van der Waals surface area contributed by atoms with Crippen LogP contribution in [-0.4, -0.2) is 19.5 Å². The van der Waals surface area contributed by atoms with E-state index in [0.29, 0.717) is 38.9 Å². The number of H-pyrrole nitrogens is 1. The summed E-state index contributed by atoms with van der Waals surface area (Å²) in [7, 11) is 0. The van der Waals surface area contributed by atoms with Gasteiger partial charge in [-0.25, -0.2) is 9.19 Å². The maximum absolute atomic E-state index is 10.8. The standard InChI is InChI=1S/C14H10ClN3OS/c15-9-5-8(7-20-19)13(10(16)6-9)14-17-11-3-1-2-4-12(11)18-14/h1-7H,16H2,(H,17,18). The molecule has 3 N–H and O–H groups in total. The zero-order valence-corrected chi connectivity index (χ0v) is 11.8. The van der Waals surface area contributed by atoms with E-state index in [-0.39, 0.29) is 0 Å². The summed E-state index contributed by atoms with van der Waals surface area (Å²) in [5.41, 5.74) is 9.62.